The van der Waals surface area contributed by atoms with Crippen LogP contribution in [0.3, 0.4) is 0 Å². The molecule has 0 fully saturated rings. The van der Waals surface area contributed by atoms with E-state index in [0.29, 0.717) is 16.7 Å². The van der Waals surface area contributed by atoms with Crippen molar-refractivity contribution in [3.05, 3.63) is 108 Å². The van der Waals surface area contributed by atoms with E-state index in [9.17, 15) is 19.2 Å². The van der Waals surface area contributed by atoms with Crippen LogP contribution in [0.4, 0.5) is 0 Å². The lowest BCUT2D eigenvalue weighted by molar-refractivity contribution is -0.123. The maximum Gasteiger partial charge on any atom is 0.338 e. The summed E-state index contributed by atoms with van der Waals surface area (Å²) >= 11 is 0. The standard InChI is InChI=1S/C27H25NO7/c1-20(29)28-27(17-33-24(30)21-11-5-2-6-12-21,18-34-25(31)22-13-7-3-8-14-22)19-35-26(32)23-15-9-4-10-16-23/h2-16H,17-19H2,1H3,(H,28,29). The summed E-state index contributed by atoms with van der Waals surface area (Å²) in [5.74, 6) is -2.44. The lowest BCUT2D eigenvalue weighted by Crippen LogP contribution is -2.58. The van der Waals surface area contributed by atoms with Crippen LogP contribution in [0.2, 0.25) is 0 Å². The van der Waals surface area contributed by atoms with E-state index in [4.69, 9.17) is 14.2 Å². The third kappa shape index (κ3) is 7.53. The van der Waals surface area contributed by atoms with Crippen molar-refractivity contribution in [1.82, 2.24) is 5.32 Å². The molecule has 0 bridgehead atoms. The lowest BCUT2D eigenvalue weighted by atomic mass is 10.0. The Labute approximate surface area is 202 Å². The molecule has 0 aliphatic heterocycles. The van der Waals surface area contributed by atoms with E-state index < -0.39 is 49.2 Å². The molecule has 0 heterocycles. The molecule has 3 aromatic carbocycles. The molecule has 0 spiro atoms. The van der Waals surface area contributed by atoms with Gasteiger partial charge in [-0.1, -0.05) is 54.6 Å². The van der Waals surface area contributed by atoms with Gasteiger partial charge in [-0.15, -0.1) is 0 Å². The van der Waals surface area contributed by atoms with Crippen molar-refractivity contribution in [2.75, 3.05) is 19.8 Å². The van der Waals surface area contributed by atoms with Crippen molar-refractivity contribution < 1.29 is 33.4 Å². The van der Waals surface area contributed by atoms with Gasteiger partial charge in [0.05, 0.1) is 16.7 Å². The van der Waals surface area contributed by atoms with Gasteiger partial charge < -0.3 is 19.5 Å². The number of hydrogen-bond donors (Lipinski definition) is 1. The normalized spacial score (nSPS) is 10.7. The summed E-state index contributed by atoms with van der Waals surface area (Å²) in [6, 6.07) is 24.8. The molecule has 3 rings (SSSR count). The summed E-state index contributed by atoms with van der Waals surface area (Å²) in [6.07, 6.45) is 0. The number of rotatable bonds is 10. The highest BCUT2D eigenvalue weighted by Gasteiger charge is 2.37. The maximum atomic E-state index is 12.5. The fourth-order valence-corrected chi connectivity index (χ4v) is 3.19. The van der Waals surface area contributed by atoms with Crippen molar-refractivity contribution in [3.63, 3.8) is 0 Å². The van der Waals surface area contributed by atoms with Crippen molar-refractivity contribution in [2.45, 2.75) is 12.5 Å². The van der Waals surface area contributed by atoms with E-state index in [2.05, 4.69) is 5.32 Å². The van der Waals surface area contributed by atoms with E-state index in [-0.39, 0.29) is 0 Å². The predicted molar refractivity (Wildman–Crippen MR) is 127 cm³/mol. The summed E-state index contributed by atoms with van der Waals surface area (Å²) in [4.78, 5) is 49.7. The van der Waals surface area contributed by atoms with E-state index in [1.165, 1.54) is 6.92 Å². The molecule has 0 atom stereocenters. The highest BCUT2D eigenvalue weighted by Crippen LogP contribution is 2.14. The van der Waals surface area contributed by atoms with E-state index in [0.717, 1.165) is 0 Å². The van der Waals surface area contributed by atoms with Crippen LogP contribution < -0.4 is 5.32 Å². The average molecular weight is 475 g/mol. The first-order chi connectivity index (χ1) is 16.9. The van der Waals surface area contributed by atoms with E-state index in [1.54, 1.807) is 91.0 Å². The van der Waals surface area contributed by atoms with Gasteiger partial charge in [0, 0.05) is 6.92 Å². The minimum atomic E-state index is -1.52. The Kier molecular flexibility index (Phi) is 8.72. The second-order valence-corrected chi connectivity index (χ2v) is 7.79. The molecule has 180 valence electrons. The summed E-state index contributed by atoms with van der Waals surface area (Å²) in [5.41, 5.74) is -0.629. The Balaban J connectivity index is 1.80. The molecule has 1 amide bonds. The highest BCUT2D eigenvalue weighted by atomic mass is 16.6. The molecule has 0 radical (unpaired) electrons. The Morgan fingerprint density at radius 1 is 0.571 bits per heavy atom. The molecular formula is C27H25NO7. The second kappa shape index (κ2) is 12.1. The fraction of sp³-hybridized carbons (Fsp3) is 0.185. The number of nitrogens with one attached hydrogen (secondary N) is 1. The van der Waals surface area contributed by atoms with Gasteiger partial charge in [0.2, 0.25) is 5.91 Å². The van der Waals surface area contributed by atoms with Crippen molar-refractivity contribution in [3.8, 4) is 0 Å². The molecule has 35 heavy (non-hydrogen) atoms. The van der Waals surface area contributed by atoms with Crippen LogP contribution in [0.15, 0.2) is 91.0 Å². The first-order valence-corrected chi connectivity index (χ1v) is 10.8. The number of carbonyl (C=O) groups is 4. The first-order valence-electron chi connectivity index (χ1n) is 10.8. The SMILES string of the molecule is CC(=O)NC(COC(=O)c1ccccc1)(COC(=O)c1ccccc1)COC(=O)c1ccccc1. The Morgan fingerprint density at radius 3 is 1.11 bits per heavy atom. The first kappa shape index (κ1) is 25.2. The van der Waals surface area contributed by atoms with Gasteiger partial charge in [-0.05, 0) is 36.4 Å². The van der Waals surface area contributed by atoms with Crippen LogP contribution in [0.5, 0.6) is 0 Å². The zero-order valence-electron chi connectivity index (χ0n) is 19.1. The van der Waals surface area contributed by atoms with Crippen LogP contribution in [-0.2, 0) is 19.0 Å². The molecule has 0 unspecified atom stereocenters. The van der Waals surface area contributed by atoms with Crippen molar-refractivity contribution in [1.29, 1.82) is 0 Å². The van der Waals surface area contributed by atoms with Gasteiger partial charge in [0.15, 0.2) is 0 Å². The van der Waals surface area contributed by atoms with E-state index >= 15 is 0 Å². The molecule has 1 N–H and O–H groups in total. The number of amides is 1. The predicted octanol–water partition coefficient (Wildman–Crippen LogP) is 3.43. The Hall–Kier alpha value is -4.46. The number of carbonyl (C=O) groups excluding carboxylic acids is 4. The van der Waals surface area contributed by atoms with Crippen LogP contribution in [0.1, 0.15) is 38.0 Å². The molecule has 8 heteroatoms. The Morgan fingerprint density at radius 2 is 0.857 bits per heavy atom. The van der Waals surface area contributed by atoms with Gasteiger partial charge in [0.25, 0.3) is 0 Å². The lowest BCUT2D eigenvalue weighted by Gasteiger charge is -2.32. The van der Waals surface area contributed by atoms with Crippen LogP contribution in [0, 0.1) is 0 Å². The second-order valence-electron chi connectivity index (χ2n) is 7.79. The van der Waals surface area contributed by atoms with Crippen LogP contribution in [0.25, 0.3) is 0 Å². The van der Waals surface area contributed by atoms with Crippen molar-refractivity contribution in [2.24, 2.45) is 0 Å². The average Bonchev–Trinajstić information content (AvgIpc) is 2.90. The van der Waals surface area contributed by atoms with E-state index in [1.807, 2.05) is 0 Å². The topological polar surface area (TPSA) is 108 Å². The number of hydrogen-bond acceptors (Lipinski definition) is 7. The molecular weight excluding hydrogens is 450 g/mol. The minimum absolute atomic E-state index is 0.298. The number of esters is 3. The molecule has 0 aromatic heterocycles. The van der Waals surface area contributed by atoms with Gasteiger partial charge in [-0.3, -0.25) is 4.79 Å². The fourth-order valence-electron chi connectivity index (χ4n) is 3.19. The minimum Gasteiger partial charge on any atom is -0.459 e. The molecule has 0 saturated heterocycles. The number of ether oxygens (including phenoxy) is 3. The third-order valence-corrected chi connectivity index (χ3v) is 4.91. The van der Waals surface area contributed by atoms with Crippen molar-refractivity contribution >= 4 is 23.8 Å². The quantitative estimate of drug-likeness (QED) is 0.354. The summed E-state index contributed by atoms with van der Waals surface area (Å²) < 4.78 is 16.3. The molecule has 0 aliphatic carbocycles. The van der Waals surface area contributed by atoms with Crippen LogP contribution >= 0.6 is 0 Å². The monoisotopic (exact) mass is 475 g/mol. The van der Waals surface area contributed by atoms with Gasteiger partial charge in [-0.2, -0.15) is 0 Å². The Bertz CT molecular complexity index is 1010. The third-order valence-electron chi connectivity index (χ3n) is 4.91. The number of benzene rings is 3. The van der Waals surface area contributed by atoms with Gasteiger partial charge in [0.1, 0.15) is 25.4 Å². The molecule has 8 nitrogen and oxygen atoms in total. The smallest absolute Gasteiger partial charge is 0.338 e. The zero-order chi connectivity index (χ0) is 25.1. The van der Waals surface area contributed by atoms with Crippen LogP contribution in [-0.4, -0.2) is 49.2 Å². The molecule has 0 saturated carbocycles. The summed E-state index contributed by atoms with van der Waals surface area (Å²) in [7, 11) is 0. The molecule has 0 aliphatic rings. The highest BCUT2D eigenvalue weighted by molar-refractivity contribution is 5.90. The van der Waals surface area contributed by atoms with Gasteiger partial charge in [-0.25, -0.2) is 14.4 Å². The summed E-state index contributed by atoms with van der Waals surface area (Å²) in [5, 5.41) is 2.64. The zero-order valence-corrected chi connectivity index (χ0v) is 19.1. The molecule has 3 aromatic rings. The largest absolute Gasteiger partial charge is 0.459 e. The maximum absolute atomic E-state index is 12.5. The summed E-state index contributed by atoms with van der Waals surface area (Å²) in [6.45, 7) is 0.0190. The van der Waals surface area contributed by atoms with Gasteiger partial charge >= 0.3 is 17.9 Å².